The molecule has 0 spiro atoms. The van der Waals surface area contributed by atoms with Gasteiger partial charge in [0.05, 0.1) is 0 Å². The van der Waals surface area contributed by atoms with Gasteiger partial charge in [-0.15, -0.1) is 0 Å². The van der Waals surface area contributed by atoms with Gasteiger partial charge in [0.25, 0.3) is 0 Å². The largest absolute Gasteiger partial charge is 0.299 e. The van der Waals surface area contributed by atoms with Crippen LogP contribution in [0.5, 0.6) is 0 Å². The summed E-state index contributed by atoms with van der Waals surface area (Å²) >= 11 is 0. The Labute approximate surface area is 62.8 Å². The Kier molecular flexibility index (Phi) is 2.12. The first-order valence-electron chi connectivity index (χ1n) is 4.19. The summed E-state index contributed by atoms with van der Waals surface area (Å²) in [5.41, 5.74) is 0. The first-order valence-corrected chi connectivity index (χ1v) is 4.19. The Morgan fingerprint density at radius 1 is 1.50 bits per heavy atom. The van der Waals surface area contributed by atoms with E-state index < -0.39 is 0 Å². The molecule has 3 unspecified atom stereocenters. The molecule has 0 amide bonds. The highest BCUT2D eigenvalue weighted by Gasteiger charge is 2.35. The molecule has 0 aliphatic heterocycles. The molecule has 0 bridgehead atoms. The van der Waals surface area contributed by atoms with Gasteiger partial charge in [-0.25, -0.2) is 0 Å². The molecular formula is C9H16O. The molecule has 0 aromatic rings. The Morgan fingerprint density at radius 2 is 2.10 bits per heavy atom. The summed E-state index contributed by atoms with van der Waals surface area (Å²) < 4.78 is 0. The van der Waals surface area contributed by atoms with E-state index in [4.69, 9.17) is 0 Å². The van der Waals surface area contributed by atoms with Gasteiger partial charge in [-0.3, -0.25) is 4.79 Å². The van der Waals surface area contributed by atoms with E-state index in [2.05, 4.69) is 20.8 Å². The molecule has 1 aliphatic rings. The van der Waals surface area contributed by atoms with Gasteiger partial charge in [-0.1, -0.05) is 20.8 Å². The second-order valence-corrected chi connectivity index (χ2v) is 3.52. The smallest absolute Gasteiger partial charge is 0.136 e. The fourth-order valence-electron chi connectivity index (χ4n) is 1.94. The zero-order chi connectivity index (χ0) is 7.72. The molecule has 0 saturated heterocycles. The van der Waals surface area contributed by atoms with E-state index in [9.17, 15) is 4.79 Å². The Bertz CT molecular complexity index is 140. The van der Waals surface area contributed by atoms with E-state index in [-0.39, 0.29) is 0 Å². The van der Waals surface area contributed by atoms with Crippen molar-refractivity contribution in [1.29, 1.82) is 0 Å². The predicted molar refractivity (Wildman–Crippen MR) is 41.7 cm³/mol. The van der Waals surface area contributed by atoms with Gasteiger partial charge in [-0.2, -0.15) is 0 Å². The number of hydrogen-bond donors (Lipinski definition) is 0. The van der Waals surface area contributed by atoms with E-state index in [1.807, 2.05) is 0 Å². The minimum atomic E-state index is 0.370. The van der Waals surface area contributed by atoms with Crippen LogP contribution in [0, 0.1) is 17.8 Å². The average molecular weight is 140 g/mol. The number of hydrogen-bond acceptors (Lipinski definition) is 1. The van der Waals surface area contributed by atoms with Gasteiger partial charge in [-0.05, 0) is 18.3 Å². The van der Waals surface area contributed by atoms with Crippen LogP contribution in [-0.4, -0.2) is 5.78 Å². The van der Waals surface area contributed by atoms with Crippen LogP contribution in [-0.2, 0) is 4.79 Å². The van der Waals surface area contributed by atoms with E-state index in [1.165, 1.54) is 0 Å². The van der Waals surface area contributed by atoms with Crippen LogP contribution < -0.4 is 0 Å². The molecule has 1 fully saturated rings. The zero-order valence-electron chi connectivity index (χ0n) is 7.05. The van der Waals surface area contributed by atoms with E-state index >= 15 is 0 Å². The van der Waals surface area contributed by atoms with Crippen molar-refractivity contribution >= 4 is 5.78 Å². The van der Waals surface area contributed by atoms with Crippen LogP contribution in [0.3, 0.4) is 0 Å². The molecule has 10 heavy (non-hydrogen) atoms. The Morgan fingerprint density at radius 3 is 2.30 bits per heavy atom. The van der Waals surface area contributed by atoms with Crippen molar-refractivity contribution in [3.8, 4) is 0 Å². The monoisotopic (exact) mass is 140 g/mol. The lowest BCUT2D eigenvalue weighted by molar-refractivity contribution is -0.121. The molecule has 3 atom stereocenters. The maximum atomic E-state index is 11.2. The van der Waals surface area contributed by atoms with Crippen LogP contribution in [0.2, 0.25) is 0 Å². The van der Waals surface area contributed by atoms with Crippen LogP contribution in [0.15, 0.2) is 0 Å². The lowest BCUT2D eigenvalue weighted by Crippen LogP contribution is -2.12. The number of carbonyl (C=O) groups excluding carboxylic acids is 1. The number of Topliss-reactive ketones (excluding diaryl/α,β-unsaturated/α-hetero) is 1. The SMILES string of the molecule is CCC1C(=O)CC(C)C1C. The van der Waals surface area contributed by atoms with E-state index in [1.54, 1.807) is 0 Å². The van der Waals surface area contributed by atoms with Crippen LogP contribution >= 0.6 is 0 Å². The number of rotatable bonds is 1. The van der Waals surface area contributed by atoms with Crippen molar-refractivity contribution in [3.63, 3.8) is 0 Å². The van der Waals surface area contributed by atoms with Gasteiger partial charge in [0.2, 0.25) is 0 Å². The number of ketones is 1. The second kappa shape index (κ2) is 2.73. The molecule has 0 heterocycles. The normalized spacial score (nSPS) is 40.7. The minimum Gasteiger partial charge on any atom is -0.299 e. The van der Waals surface area contributed by atoms with E-state index in [0.29, 0.717) is 23.5 Å². The molecule has 0 aromatic carbocycles. The van der Waals surface area contributed by atoms with Crippen LogP contribution in [0.1, 0.15) is 33.6 Å². The molecule has 1 aliphatic carbocycles. The van der Waals surface area contributed by atoms with Gasteiger partial charge < -0.3 is 0 Å². The molecule has 0 N–H and O–H groups in total. The van der Waals surface area contributed by atoms with Gasteiger partial charge in [0.15, 0.2) is 0 Å². The van der Waals surface area contributed by atoms with Crippen molar-refractivity contribution in [2.45, 2.75) is 33.6 Å². The average Bonchev–Trinajstić information content (AvgIpc) is 2.09. The summed E-state index contributed by atoms with van der Waals surface area (Å²) in [6.45, 7) is 6.49. The quantitative estimate of drug-likeness (QED) is 0.546. The van der Waals surface area contributed by atoms with E-state index in [0.717, 1.165) is 12.8 Å². The summed E-state index contributed by atoms with van der Waals surface area (Å²) in [7, 11) is 0. The lowest BCUT2D eigenvalue weighted by Gasteiger charge is -2.13. The van der Waals surface area contributed by atoms with Crippen molar-refractivity contribution in [2.24, 2.45) is 17.8 Å². The zero-order valence-corrected chi connectivity index (χ0v) is 7.05. The van der Waals surface area contributed by atoms with Crippen LogP contribution in [0.4, 0.5) is 0 Å². The van der Waals surface area contributed by atoms with Gasteiger partial charge in [0, 0.05) is 12.3 Å². The standard InChI is InChI=1S/C9H16O/c1-4-8-7(3)6(2)5-9(8)10/h6-8H,4-5H2,1-3H3. The summed E-state index contributed by atoms with van der Waals surface area (Å²) in [5.74, 6) is 2.10. The molecule has 0 aromatic heterocycles. The first-order chi connectivity index (χ1) is 4.66. The number of carbonyl (C=O) groups is 1. The van der Waals surface area contributed by atoms with Crippen molar-refractivity contribution in [2.75, 3.05) is 0 Å². The fourth-order valence-corrected chi connectivity index (χ4v) is 1.94. The summed E-state index contributed by atoms with van der Waals surface area (Å²) in [6.07, 6.45) is 1.85. The summed E-state index contributed by atoms with van der Waals surface area (Å²) in [4.78, 5) is 11.2. The fraction of sp³-hybridized carbons (Fsp3) is 0.889. The highest BCUT2D eigenvalue weighted by molar-refractivity contribution is 5.83. The maximum Gasteiger partial charge on any atom is 0.136 e. The maximum absolute atomic E-state index is 11.2. The Hall–Kier alpha value is -0.330. The van der Waals surface area contributed by atoms with Gasteiger partial charge >= 0.3 is 0 Å². The Balaban J connectivity index is 2.64. The third-order valence-electron chi connectivity index (χ3n) is 2.91. The van der Waals surface area contributed by atoms with Crippen molar-refractivity contribution < 1.29 is 4.79 Å². The predicted octanol–water partition coefficient (Wildman–Crippen LogP) is 2.26. The first kappa shape index (κ1) is 7.77. The third kappa shape index (κ3) is 1.09. The minimum absolute atomic E-state index is 0.370. The molecule has 1 heteroatoms. The highest BCUT2D eigenvalue weighted by Crippen LogP contribution is 2.35. The van der Waals surface area contributed by atoms with Crippen LogP contribution in [0.25, 0.3) is 0 Å². The third-order valence-corrected chi connectivity index (χ3v) is 2.91. The highest BCUT2D eigenvalue weighted by atomic mass is 16.1. The van der Waals surface area contributed by atoms with Gasteiger partial charge in [0.1, 0.15) is 5.78 Å². The lowest BCUT2D eigenvalue weighted by atomic mass is 9.91. The topological polar surface area (TPSA) is 17.1 Å². The molecule has 58 valence electrons. The molecule has 1 rings (SSSR count). The molecular weight excluding hydrogens is 124 g/mol. The molecule has 0 radical (unpaired) electrons. The molecule has 1 saturated carbocycles. The van der Waals surface area contributed by atoms with Crippen molar-refractivity contribution in [3.05, 3.63) is 0 Å². The molecule has 1 nitrogen and oxygen atoms in total. The summed E-state index contributed by atoms with van der Waals surface area (Å²) in [5, 5.41) is 0. The summed E-state index contributed by atoms with van der Waals surface area (Å²) in [6, 6.07) is 0. The van der Waals surface area contributed by atoms with Crippen molar-refractivity contribution in [1.82, 2.24) is 0 Å². The second-order valence-electron chi connectivity index (χ2n) is 3.52.